The van der Waals surface area contributed by atoms with Crippen LogP contribution in [0.4, 0.5) is 22.7 Å². The lowest BCUT2D eigenvalue weighted by Gasteiger charge is -2.13. The number of rotatable bonds is 11. The van der Waals surface area contributed by atoms with Crippen LogP contribution in [-0.2, 0) is 58.7 Å². The lowest BCUT2D eigenvalue weighted by molar-refractivity contribution is 0.341. The Balaban J connectivity index is 0.000000447. The van der Waals surface area contributed by atoms with Gasteiger partial charge in [-0.15, -0.1) is 0 Å². The number of halogens is 1. The molecular weight excluding hydrogens is 1100 g/mol. The van der Waals surface area contributed by atoms with E-state index in [0.717, 1.165) is 36.4 Å². The van der Waals surface area contributed by atoms with Crippen LogP contribution in [-0.4, -0.2) is 105 Å². The number of nitrogen functional groups attached to an aromatic ring is 4. The smallest absolute Gasteiger partial charge is 0.357 e. The van der Waals surface area contributed by atoms with Gasteiger partial charge in [-0.2, -0.15) is 33.7 Å². The molecule has 0 radical (unpaired) electrons. The third-order valence-electron chi connectivity index (χ3n) is 7.48. The average Bonchev–Trinajstić information content (AvgIpc) is 3.11. The first-order chi connectivity index (χ1) is 29.7. The molecule has 0 spiro atoms. The minimum absolute atomic E-state index is 0.0372. The molecular formula is C28H39ClN4O26P4S4. The fourth-order valence-corrected chi connectivity index (χ4v) is 12.3. The second kappa shape index (κ2) is 21.9. The van der Waals surface area contributed by atoms with Gasteiger partial charge in [0.2, 0.25) is 0 Å². The zero-order chi connectivity index (χ0) is 53.0. The highest BCUT2D eigenvalue weighted by Crippen LogP contribution is 2.41. The Morgan fingerprint density at radius 1 is 0.478 bits per heavy atom. The number of methoxy groups -OCH3 is 1. The lowest BCUT2D eigenvalue weighted by Crippen LogP contribution is -2.17. The van der Waals surface area contributed by atoms with E-state index in [0.29, 0.717) is 12.1 Å². The summed E-state index contributed by atoms with van der Waals surface area (Å²) in [7, 11) is -36.9. The van der Waals surface area contributed by atoms with Crippen molar-refractivity contribution in [3.63, 3.8) is 0 Å². The van der Waals surface area contributed by atoms with Gasteiger partial charge < -0.3 is 71.6 Å². The third kappa shape index (κ3) is 17.6. The van der Waals surface area contributed by atoms with E-state index in [4.69, 9.17) is 101 Å². The van der Waals surface area contributed by atoms with Gasteiger partial charge in [-0.05, 0) is 55.8 Å². The molecule has 0 amide bonds. The van der Waals surface area contributed by atoms with Crippen LogP contribution in [0.2, 0.25) is 5.02 Å². The summed E-state index contributed by atoms with van der Waals surface area (Å²) in [5.41, 5.74) is 20.6. The van der Waals surface area contributed by atoms with E-state index in [1.165, 1.54) is 14.0 Å². The molecule has 0 saturated carbocycles. The third-order valence-corrected chi connectivity index (χ3v) is 15.9. The summed E-state index contributed by atoms with van der Waals surface area (Å²) in [5.74, 6) is -0.197. The highest BCUT2D eigenvalue weighted by Gasteiger charge is 2.32. The first-order valence-corrected chi connectivity index (χ1v) is 29.0. The molecule has 0 bridgehead atoms. The number of aryl methyl sites for hydroxylation is 1. The molecule has 4 aromatic carbocycles. The minimum Gasteiger partial charge on any atom is -0.495 e. The van der Waals surface area contributed by atoms with E-state index in [1.807, 2.05) is 0 Å². The van der Waals surface area contributed by atoms with E-state index in [9.17, 15) is 51.9 Å². The molecule has 0 heterocycles. The Morgan fingerprint density at radius 3 is 1.09 bits per heavy atom. The van der Waals surface area contributed by atoms with E-state index in [-0.39, 0.29) is 51.1 Å². The van der Waals surface area contributed by atoms with Crippen molar-refractivity contribution in [1.29, 1.82) is 0 Å². The molecule has 0 aliphatic rings. The molecule has 0 aliphatic heterocycles. The second-order valence-electron chi connectivity index (χ2n) is 12.4. The number of hydrogen-bond acceptors (Lipinski definition) is 18. The van der Waals surface area contributed by atoms with E-state index in [1.54, 1.807) is 6.92 Å². The minimum atomic E-state index is -4.89. The first-order valence-electron chi connectivity index (χ1n) is 16.4. The Kier molecular flexibility index (Phi) is 20.0. The van der Waals surface area contributed by atoms with E-state index in [2.05, 4.69) is 0 Å². The van der Waals surface area contributed by atoms with Crippen molar-refractivity contribution < 1.29 is 119 Å². The number of hydrogen-bond donors (Lipinski definition) is 16. The van der Waals surface area contributed by atoms with Crippen LogP contribution in [0.1, 0.15) is 12.5 Å². The maximum atomic E-state index is 11.1. The zero-order valence-electron chi connectivity index (χ0n) is 33.5. The molecule has 4 aromatic rings. The molecule has 378 valence electrons. The molecule has 0 unspecified atom stereocenters. The van der Waals surface area contributed by atoms with Gasteiger partial charge in [0, 0.05) is 12.1 Å². The van der Waals surface area contributed by atoms with Gasteiger partial charge >= 0.3 is 30.4 Å². The summed E-state index contributed by atoms with van der Waals surface area (Å²) in [5, 5.41) is -3.23. The van der Waals surface area contributed by atoms with Crippen molar-refractivity contribution in [2.45, 2.75) is 33.4 Å². The predicted molar refractivity (Wildman–Crippen MR) is 237 cm³/mol. The highest BCUT2D eigenvalue weighted by atomic mass is 35.5. The monoisotopic (exact) mass is 1130 g/mol. The molecule has 39 heteroatoms. The van der Waals surface area contributed by atoms with Gasteiger partial charge in [0.15, 0.2) is 0 Å². The van der Waals surface area contributed by atoms with Gasteiger partial charge in [0.1, 0.15) is 31.1 Å². The summed E-state index contributed by atoms with van der Waals surface area (Å²) >= 11 is 5.49. The molecule has 30 nitrogen and oxygen atoms in total. The van der Waals surface area contributed by atoms with Crippen LogP contribution in [0.5, 0.6) is 11.5 Å². The first kappa shape index (κ1) is 61.2. The summed E-state index contributed by atoms with van der Waals surface area (Å²) < 4.78 is 177. The fourth-order valence-electron chi connectivity index (χ4n) is 4.67. The molecule has 0 saturated heterocycles. The maximum Gasteiger partial charge on any atom is 0.357 e. The van der Waals surface area contributed by atoms with Crippen LogP contribution in [0, 0.1) is 6.92 Å². The van der Waals surface area contributed by atoms with Gasteiger partial charge in [-0.3, -0.25) is 36.5 Å². The molecule has 0 aliphatic carbocycles. The van der Waals surface area contributed by atoms with Crippen molar-refractivity contribution in [3.8, 4) is 11.5 Å². The number of benzene rings is 4. The van der Waals surface area contributed by atoms with Crippen LogP contribution in [0.15, 0.2) is 68.1 Å². The van der Waals surface area contributed by atoms with Gasteiger partial charge in [-0.25, -0.2) is 0 Å². The largest absolute Gasteiger partial charge is 0.495 e. The molecule has 20 N–H and O–H groups in total. The Labute approximate surface area is 384 Å². The zero-order valence-corrected chi connectivity index (χ0v) is 41.1. The van der Waals surface area contributed by atoms with Gasteiger partial charge in [0.05, 0.1) is 62.7 Å². The van der Waals surface area contributed by atoms with E-state index < -0.39 is 112 Å². The van der Waals surface area contributed by atoms with Crippen LogP contribution >= 0.6 is 42.0 Å². The maximum absolute atomic E-state index is 11.1. The standard InChI is InChI=1S/C8H12NO7PS.C7H10NO7PS.C7H10NO6PS.C6H7ClNO6PS/c1-2-16-6-4-8(18(13,14)15)7(3-5(6)9)17(10,11)12;1-15-5-3-7(17(12,13)14)6(2-4(5)8)16(9,10)11;1-4-2-7(16(12,13)14)5(8)3-6(4)15(9,10)11;7-3-1-6(16(12,13)14)5(2-4(3)8)15(9,10)11/h3-4H,2,9H2,1H3,(H2,10,11,12)(H,13,14,15);2-3H,8H2,1H3,(H2,9,10,11)(H,12,13,14);2-3H,8H2,1H3,(H2,9,10,11)(H,12,13,14);1-2H,8H2,(H2,9,10,11)(H,12,13,14). The van der Waals surface area contributed by atoms with E-state index >= 15 is 0 Å². The summed E-state index contributed by atoms with van der Waals surface area (Å²) in [4.78, 5) is 68.2. The predicted octanol–water partition coefficient (Wildman–Crippen LogP) is -1.36. The Morgan fingerprint density at radius 2 is 0.776 bits per heavy atom. The number of anilines is 4. The van der Waals surface area contributed by atoms with Crippen molar-refractivity contribution >= 4 is 126 Å². The summed E-state index contributed by atoms with van der Waals surface area (Å²) in [6, 6.07) is 6.21. The Bertz CT molecular complexity index is 3210. The molecule has 0 aromatic heterocycles. The normalized spacial score (nSPS) is 12.6. The molecule has 0 fully saturated rings. The number of ether oxygens (including phenoxy) is 2. The SMILES string of the molecule is CCOc1cc(S(=O)(=O)O)c(P(=O)(O)O)cc1N.COc1cc(S(=O)(=O)O)c(P(=O)(O)O)cc1N.Cc1cc(S(=O)(=O)O)c(N)cc1P(=O)(O)O.Nc1cc(P(=O)(O)O)c(S(=O)(=O)O)cc1Cl. The molecule has 4 rings (SSSR count). The van der Waals surface area contributed by atoms with Gasteiger partial charge in [0.25, 0.3) is 40.5 Å². The lowest BCUT2D eigenvalue weighted by atomic mass is 10.2. The molecule has 67 heavy (non-hydrogen) atoms. The van der Waals surface area contributed by atoms with Crippen molar-refractivity contribution in [2.75, 3.05) is 36.7 Å². The van der Waals surface area contributed by atoms with Gasteiger partial charge in [-0.1, -0.05) is 11.6 Å². The topological polar surface area (TPSA) is 570 Å². The highest BCUT2D eigenvalue weighted by molar-refractivity contribution is 7.87. The van der Waals surface area contributed by atoms with Crippen LogP contribution in [0.3, 0.4) is 0 Å². The van der Waals surface area contributed by atoms with Crippen LogP contribution in [0.25, 0.3) is 0 Å². The Hall–Kier alpha value is -3.79. The van der Waals surface area contributed by atoms with Crippen LogP contribution < -0.4 is 53.6 Å². The van der Waals surface area contributed by atoms with Crippen molar-refractivity contribution in [3.05, 3.63) is 59.1 Å². The quantitative estimate of drug-likeness (QED) is 0.0469. The van der Waals surface area contributed by atoms with Crippen molar-refractivity contribution in [1.82, 2.24) is 0 Å². The summed E-state index contributed by atoms with van der Waals surface area (Å²) in [6.07, 6.45) is 0. The number of nitrogens with two attached hydrogens (primary N) is 4. The fraction of sp³-hybridized carbons (Fsp3) is 0.143. The average molecular weight is 1140 g/mol. The van der Waals surface area contributed by atoms with Crippen molar-refractivity contribution in [2.24, 2.45) is 0 Å². The molecule has 0 atom stereocenters. The summed E-state index contributed by atoms with van der Waals surface area (Å²) in [6.45, 7) is 3.09. The second-order valence-corrected chi connectivity index (χ2v) is 24.7.